The molecule has 3 aliphatic rings. The number of sulfonamides is 1. The molecule has 0 aliphatic carbocycles. The molecule has 6 nitrogen and oxygen atoms in total. The molecule has 3 aliphatic heterocycles. The molecule has 0 saturated carbocycles. The summed E-state index contributed by atoms with van der Waals surface area (Å²) in [5.74, 6) is -0.0102. The normalized spacial score (nSPS) is 27.6. The van der Waals surface area contributed by atoms with Crippen molar-refractivity contribution in [1.82, 2.24) is 9.21 Å². The van der Waals surface area contributed by atoms with Crippen LogP contribution in [0.4, 0.5) is 0 Å². The number of hydrogen-bond acceptors (Lipinski definition) is 4. The highest BCUT2D eigenvalue weighted by molar-refractivity contribution is 7.89. The summed E-state index contributed by atoms with van der Waals surface area (Å²) in [6.45, 7) is 1.59. The molecule has 3 saturated heterocycles. The third kappa shape index (κ3) is 2.53. The predicted octanol–water partition coefficient (Wildman–Crippen LogP) is 2.47. The minimum absolute atomic E-state index is 0.0102. The first-order valence-electron chi connectivity index (χ1n) is 9.64. The molecule has 5 rings (SSSR count). The smallest absolute Gasteiger partial charge is 0.243 e. The molecule has 0 radical (unpaired) electrons. The van der Waals surface area contributed by atoms with Gasteiger partial charge in [0.05, 0.1) is 17.5 Å². The van der Waals surface area contributed by atoms with Crippen LogP contribution in [0.15, 0.2) is 59.5 Å². The molecule has 2 atom stereocenters. The van der Waals surface area contributed by atoms with Gasteiger partial charge in [-0.25, -0.2) is 8.42 Å². The first-order valence-corrected chi connectivity index (χ1v) is 11.1. The van der Waals surface area contributed by atoms with Crippen molar-refractivity contribution in [2.24, 2.45) is 0 Å². The van der Waals surface area contributed by atoms with Crippen molar-refractivity contribution in [3.8, 4) is 11.1 Å². The number of carbonyl (C=O) groups is 1. The summed E-state index contributed by atoms with van der Waals surface area (Å²) >= 11 is 0. The van der Waals surface area contributed by atoms with Gasteiger partial charge in [0.25, 0.3) is 0 Å². The number of ether oxygens (including phenoxy) is 1. The van der Waals surface area contributed by atoms with Gasteiger partial charge >= 0.3 is 0 Å². The van der Waals surface area contributed by atoms with Crippen molar-refractivity contribution in [3.05, 3.63) is 54.6 Å². The average molecular weight is 398 g/mol. The third-order valence-electron chi connectivity index (χ3n) is 6.13. The van der Waals surface area contributed by atoms with Crippen molar-refractivity contribution >= 4 is 15.9 Å². The Morgan fingerprint density at radius 1 is 0.964 bits per heavy atom. The summed E-state index contributed by atoms with van der Waals surface area (Å²) in [5, 5.41) is 0. The molecule has 7 heteroatoms. The Balaban J connectivity index is 1.46. The zero-order chi connectivity index (χ0) is 19.4. The topological polar surface area (TPSA) is 66.9 Å². The van der Waals surface area contributed by atoms with Gasteiger partial charge in [0.1, 0.15) is 0 Å². The highest BCUT2D eigenvalue weighted by Crippen LogP contribution is 2.46. The Kier molecular flexibility index (Phi) is 4.08. The van der Waals surface area contributed by atoms with Crippen molar-refractivity contribution in [3.63, 3.8) is 0 Å². The number of amides is 1. The lowest BCUT2D eigenvalue weighted by Crippen LogP contribution is -2.56. The van der Waals surface area contributed by atoms with E-state index in [9.17, 15) is 13.2 Å². The summed E-state index contributed by atoms with van der Waals surface area (Å²) in [5.41, 5.74) is 1.24. The van der Waals surface area contributed by atoms with Gasteiger partial charge in [0.15, 0.2) is 5.72 Å². The molecule has 146 valence electrons. The van der Waals surface area contributed by atoms with Gasteiger partial charge in [-0.1, -0.05) is 42.5 Å². The molecule has 3 fully saturated rings. The summed E-state index contributed by atoms with van der Waals surface area (Å²) < 4.78 is 34.2. The molecule has 0 aromatic heterocycles. The standard InChI is InChI=1S/C21H22N2O4S/c24-20-15-19-21(22(20)12-4-14-27-21)11-13-23(19)28(25,26)18-9-7-17(8-10-18)16-5-2-1-3-6-16/h1-3,5-10,19H,4,11-15H2/t19-,21+/m1/s1. The van der Waals surface area contributed by atoms with Crippen LogP contribution in [-0.4, -0.2) is 55.0 Å². The first-order chi connectivity index (χ1) is 13.5. The largest absolute Gasteiger partial charge is 0.354 e. The van der Waals surface area contributed by atoms with E-state index >= 15 is 0 Å². The second-order valence-electron chi connectivity index (χ2n) is 7.57. The first kappa shape index (κ1) is 17.8. The molecule has 2 aromatic rings. The fraction of sp³-hybridized carbons (Fsp3) is 0.381. The molecular weight excluding hydrogens is 376 g/mol. The second kappa shape index (κ2) is 6.40. The lowest BCUT2D eigenvalue weighted by molar-refractivity contribution is -0.178. The summed E-state index contributed by atoms with van der Waals surface area (Å²) in [6, 6.07) is 16.4. The second-order valence-corrected chi connectivity index (χ2v) is 9.46. The molecule has 2 aromatic carbocycles. The number of rotatable bonds is 3. The van der Waals surface area contributed by atoms with Crippen LogP contribution in [0.2, 0.25) is 0 Å². The van der Waals surface area contributed by atoms with E-state index in [1.54, 1.807) is 17.0 Å². The van der Waals surface area contributed by atoms with E-state index in [1.165, 1.54) is 4.31 Å². The number of hydrogen-bond donors (Lipinski definition) is 0. The Bertz CT molecular complexity index is 1010. The number of benzene rings is 2. The Hall–Kier alpha value is -2.22. The summed E-state index contributed by atoms with van der Waals surface area (Å²) in [7, 11) is -3.70. The van der Waals surface area contributed by atoms with Gasteiger partial charge in [0.2, 0.25) is 15.9 Å². The Morgan fingerprint density at radius 2 is 1.68 bits per heavy atom. The number of nitrogens with zero attached hydrogens (tertiary/aromatic N) is 2. The van der Waals surface area contributed by atoms with Gasteiger partial charge in [-0.3, -0.25) is 4.79 Å². The lowest BCUT2D eigenvalue weighted by atomic mass is 10.0. The van der Waals surface area contributed by atoms with E-state index in [4.69, 9.17) is 4.74 Å². The van der Waals surface area contributed by atoms with Gasteiger partial charge in [-0.2, -0.15) is 4.31 Å². The highest BCUT2D eigenvalue weighted by atomic mass is 32.2. The molecule has 1 spiro atoms. The van der Waals surface area contributed by atoms with Crippen molar-refractivity contribution in [2.75, 3.05) is 19.7 Å². The van der Waals surface area contributed by atoms with Crippen molar-refractivity contribution in [1.29, 1.82) is 0 Å². The minimum Gasteiger partial charge on any atom is -0.354 e. The SMILES string of the molecule is O=C1C[C@H]2N(S(=O)(=O)c3ccc(-c4ccccc4)cc3)CC[C@]23OCCCN13. The molecule has 28 heavy (non-hydrogen) atoms. The lowest BCUT2D eigenvalue weighted by Gasteiger charge is -2.42. The maximum atomic E-state index is 13.3. The van der Waals surface area contributed by atoms with Crippen LogP contribution in [0.1, 0.15) is 19.3 Å². The molecule has 1 amide bonds. The molecule has 3 heterocycles. The fourth-order valence-corrected chi connectivity index (χ4v) is 6.44. The molecule has 0 bridgehead atoms. The average Bonchev–Trinajstić information content (AvgIpc) is 3.21. The van der Waals surface area contributed by atoms with Gasteiger partial charge in [0, 0.05) is 25.9 Å². The van der Waals surface area contributed by atoms with Gasteiger partial charge < -0.3 is 9.64 Å². The van der Waals surface area contributed by atoms with Crippen LogP contribution in [0.25, 0.3) is 11.1 Å². The maximum Gasteiger partial charge on any atom is 0.243 e. The summed E-state index contributed by atoms with van der Waals surface area (Å²) in [6.07, 6.45) is 1.53. The number of carbonyl (C=O) groups excluding carboxylic acids is 1. The monoisotopic (exact) mass is 398 g/mol. The van der Waals surface area contributed by atoms with E-state index in [-0.39, 0.29) is 17.2 Å². The highest BCUT2D eigenvalue weighted by Gasteiger charge is 2.63. The van der Waals surface area contributed by atoms with E-state index in [0.717, 1.165) is 17.5 Å². The van der Waals surface area contributed by atoms with E-state index < -0.39 is 21.8 Å². The molecular formula is C21H22N2O4S. The quantitative estimate of drug-likeness (QED) is 0.797. The van der Waals surface area contributed by atoms with Gasteiger partial charge in [-0.15, -0.1) is 0 Å². The summed E-state index contributed by atoms with van der Waals surface area (Å²) in [4.78, 5) is 14.5. The van der Waals surface area contributed by atoms with Crippen molar-refractivity contribution < 1.29 is 17.9 Å². The van der Waals surface area contributed by atoms with Gasteiger partial charge in [-0.05, 0) is 29.7 Å². The Morgan fingerprint density at radius 3 is 2.43 bits per heavy atom. The van der Waals surface area contributed by atoms with Crippen LogP contribution in [0.5, 0.6) is 0 Å². The third-order valence-corrected chi connectivity index (χ3v) is 8.05. The van der Waals surface area contributed by atoms with E-state index in [0.29, 0.717) is 26.1 Å². The maximum absolute atomic E-state index is 13.3. The van der Waals surface area contributed by atoms with Crippen LogP contribution in [0, 0.1) is 0 Å². The minimum atomic E-state index is -3.70. The zero-order valence-corrected chi connectivity index (χ0v) is 16.3. The van der Waals surface area contributed by atoms with Crippen molar-refractivity contribution in [2.45, 2.75) is 35.9 Å². The predicted molar refractivity (Wildman–Crippen MR) is 104 cm³/mol. The van der Waals surface area contributed by atoms with Crippen LogP contribution in [-0.2, 0) is 19.6 Å². The zero-order valence-electron chi connectivity index (χ0n) is 15.5. The van der Waals surface area contributed by atoms with Crippen LogP contribution < -0.4 is 0 Å². The molecule has 0 unspecified atom stereocenters. The molecule has 0 N–H and O–H groups in total. The van der Waals surface area contributed by atoms with E-state index in [2.05, 4.69) is 0 Å². The fourth-order valence-electron chi connectivity index (χ4n) is 4.79. The van der Waals surface area contributed by atoms with Crippen LogP contribution >= 0.6 is 0 Å². The Labute approximate surface area is 164 Å². The van der Waals surface area contributed by atoms with E-state index in [1.807, 2.05) is 42.5 Å². The van der Waals surface area contributed by atoms with Crippen LogP contribution in [0.3, 0.4) is 0 Å².